The second-order valence-electron chi connectivity index (χ2n) is 9.34. The van der Waals surface area contributed by atoms with E-state index in [0.717, 1.165) is 34.0 Å². The molecule has 1 atom stereocenters. The van der Waals surface area contributed by atoms with Gasteiger partial charge in [-0.25, -0.2) is 0 Å². The van der Waals surface area contributed by atoms with Crippen molar-refractivity contribution in [2.75, 3.05) is 5.32 Å². The monoisotopic (exact) mass is 544 g/mol. The highest BCUT2D eigenvalue weighted by atomic mass is 35.5. The number of aromatic hydroxyl groups is 1. The van der Waals surface area contributed by atoms with E-state index < -0.39 is 23.1 Å². The van der Waals surface area contributed by atoms with E-state index in [9.17, 15) is 14.7 Å². The highest BCUT2D eigenvalue weighted by Crippen LogP contribution is 2.35. The summed E-state index contributed by atoms with van der Waals surface area (Å²) in [6, 6.07) is 23.6. The number of carbonyl (C=O) groups excluding carboxylic acids is 1. The number of carbonyl (C=O) groups is 1. The number of H-pyrrole nitrogens is 1. The summed E-state index contributed by atoms with van der Waals surface area (Å²) < 4.78 is 0. The van der Waals surface area contributed by atoms with Crippen LogP contribution < -0.4 is 10.9 Å². The Morgan fingerprint density at radius 3 is 2.45 bits per heavy atom. The molecule has 38 heavy (non-hydrogen) atoms. The Morgan fingerprint density at radius 1 is 0.974 bits per heavy atom. The van der Waals surface area contributed by atoms with E-state index >= 15 is 0 Å². The molecule has 0 aliphatic rings. The molecular formula is C31H26Cl2N2O3. The molecule has 0 amide bonds. The van der Waals surface area contributed by atoms with Gasteiger partial charge in [-0.3, -0.25) is 9.59 Å². The maximum absolute atomic E-state index is 14.0. The summed E-state index contributed by atoms with van der Waals surface area (Å²) in [6.45, 7) is 2.03. The van der Waals surface area contributed by atoms with Gasteiger partial charge in [-0.05, 0) is 58.7 Å². The second-order valence-corrected chi connectivity index (χ2v) is 10.2. The molecule has 1 aromatic heterocycles. The molecule has 0 saturated carbocycles. The molecule has 5 nitrogen and oxygen atoms in total. The average molecular weight is 545 g/mol. The van der Waals surface area contributed by atoms with Crippen LogP contribution in [0.1, 0.15) is 34.8 Å². The SMILES string of the molecule is CCCc1ccc2[nH]c(=O)c(C(=O)C(Cc3ccc(Cl)cc3)Nc3ccc4ccccc4c3)c(O)c2c1Cl. The van der Waals surface area contributed by atoms with Gasteiger partial charge in [0.25, 0.3) is 5.56 Å². The molecule has 4 aromatic carbocycles. The number of halogens is 2. The Bertz CT molecular complexity index is 1710. The van der Waals surface area contributed by atoms with Gasteiger partial charge in [0.2, 0.25) is 0 Å². The molecule has 1 heterocycles. The summed E-state index contributed by atoms with van der Waals surface area (Å²) >= 11 is 12.7. The van der Waals surface area contributed by atoms with Crippen LogP contribution in [-0.4, -0.2) is 21.9 Å². The molecule has 0 fully saturated rings. The fourth-order valence-electron chi connectivity index (χ4n) is 4.78. The number of benzene rings is 4. The van der Waals surface area contributed by atoms with Crippen molar-refractivity contribution in [3.63, 3.8) is 0 Å². The van der Waals surface area contributed by atoms with Crippen molar-refractivity contribution in [1.82, 2.24) is 4.98 Å². The van der Waals surface area contributed by atoms with Gasteiger partial charge in [0.05, 0.1) is 22.0 Å². The molecule has 0 spiro atoms. The van der Waals surface area contributed by atoms with E-state index in [-0.39, 0.29) is 17.4 Å². The first-order chi connectivity index (χ1) is 18.4. The van der Waals surface area contributed by atoms with Crippen LogP contribution in [0.4, 0.5) is 5.69 Å². The highest BCUT2D eigenvalue weighted by Gasteiger charge is 2.28. The van der Waals surface area contributed by atoms with Crippen LogP contribution in [0.25, 0.3) is 21.7 Å². The Kier molecular flexibility index (Phi) is 7.41. The lowest BCUT2D eigenvalue weighted by Crippen LogP contribution is -2.35. The molecule has 0 aliphatic heterocycles. The molecule has 5 rings (SSSR count). The number of hydrogen-bond donors (Lipinski definition) is 3. The van der Waals surface area contributed by atoms with Crippen molar-refractivity contribution in [3.05, 3.63) is 116 Å². The molecule has 5 aromatic rings. The summed E-state index contributed by atoms with van der Waals surface area (Å²) in [4.78, 5) is 29.8. The summed E-state index contributed by atoms with van der Waals surface area (Å²) in [5, 5.41) is 17.8. The third kappa shape index (κ3) is 5.13. The van der Waals surface area contributed by atoms with Gasteiger partial charge in [0.15, 0.2) is 5.78 Å². The summed E-state index contributed by atoms with van der Waals surface area (Å²) in [7, 11) is 0. The summed E-state index contributed by atoms with van der Waals surface area (Å²) in [5.41, 5.74) is 1.80. The van der Waals surface area contributed by atoms with Crippen molar-refractivity contribution in [2.24, 2.45) is 0 Å². The number of ketones is 1. The fourth-order valence-corrected chi connectivity index (χ4v) is 5.26. The third-order valence-electron chi connectivity index (χ3n) is 6.70. The Balaban J connectivity index is 1.60. The molecule has 0 aliphatic carbocycles. The Morgan fingerprint density at radius 2 is 1.71 bits per heavy atom. The highest BCUT2D eigenvalue weighted by molar-refractivity contribution is 6.37. The number of anilines is 1. The van der Waals surface area contributed by atoms with E-state index in [1.54, 1.807) is 18.2 Å². The minimum absolute atomic E-state index is 0.267. The van der Waals surface area contributed by atoms with Crippen molar-refractivity contribution in [3.8, 4) is 5.75 Å². The zero-order valence-corrected chi connectivity index (χ0v) is 22.2. The van der Waals surface area contributed by atoms with Crippen LogP contribution in [0.5, 0.6) is 5.75 Å². The summed E-state index contributed by atoms with van der Waals surface area (Å²) in [6.07, 6.45) is 1.84. The number of pyridine rings is 1. The van der Waals surface area contributed by atoms with Crippen molar-refractivity contribution < 1.29 is 9.90 Å². The number of rotatable bonds is 8. The predicted octanol–water partition coefficient (Wildman–Crippen LogP) is 7.55. The lowest BCUT2D eigenvalue weighted by molar-refractivity contribution is 0.0965. The van der Waals surface area contributed by atoms with Crippen LogP contribution in [0.15, 0.2) is 83.7 Å². The van der Waals surface area contributed by atoms with Gasteiger partial charge in [-0.2, -0.15) is 0 Å². The first-order valence-electron chi connectivity index (χ1n) is 12.5. The first-order valence-corrected chi connectivity index (χ1v) is 13.2. The first kappa shape index (κ1) is 25.8. The van der Waals surface area contributed by atoms with Crippen LogP contribution >= 0.6 is 23.2 Å². The van der Waals surface area contributed by atoms with Gasteiger partial charge in [0, 0.05) is 17.1 Å². The number of nitrogens with one attached hydrogen (secondary N) is 2. The molecular weight excluding hydrogens is 519 g/mol. The van der Waals surface area contributed by atoms with Gasteiger partial charge >= 0.3 is 0 Å². The second kappa shape index (κ2) is 10.9. The zero-order chi connectivity index (χ0) is 26.8. The average Bonchev–Trinajstić information content (AvgIpc) is 2.91. The van der Waals surface area contributed by atoms with E-state index in [4.69, 9.17) is 23.2 Å². The fraction of sp³-hybridized carbons (Fsp3) is 0.161. The van der Waals surface area contributed by atoms with Gasteiger partial charge in [0.1, 0.15) is 11.3 Å². The normalized spacial score (nSPS) is 12.1. The number of aryl methyl sites for hydroxylation is 1. The maximum atomic E-state index is 14.0. The predicted molar refractivity (Wildman–Crippen MR) is 156 cm³/mol. The van der Waals surface area contributed by atoms with Gasteiger partial charge in [-0.1, -0.05) is 85.1 Å². The summed E-state index contributed by atoms with van der Waals surface area (Å²) in [5.74, 6) is -0.941. The lowest BCUT2D eigenvalue weighted by Gasteiger charge is -2.20. The molecule has 0 saturated heterocycles. The lowest BCUT2D eigenvalue weighted by atomic mass is 9.95. The maximum Gasteiger partial charge on any atom is 0.263 e. The standard InChI is InChI=1S/C31H26Cl2N2O3/c1-2-5-20-11-15-24-26(28(20)33)30(37)27(31(38)35-24)29(36)25(16-18-8-12-22(32)13-9-18)34-23-14-10-19-6-3-4-7-21(19)17-23/h3-4,6-15,17,25,34H,2,5,16H2,1H3,(H2,35,37,38). The van der Waals surface area contributed by atoms with E-state index in [0.29, 0.717) is 22.0 Å². The van der Waals surface area contributed by atoms with Crippen LogP contribution in [0.2, 0.25) is 10.0 Å². The number of hydrogen-bond acceptors (Lipinski definition) is 4. The number of fused-ring (bicyclic) bond motifs is 2. The van der Waals surface area contributed by atoms with Crippen molar-refractivity contribution in [2.45, 2.75) is 32.2 Å². The van der Waals surface area contributed by atoms with Gasteiger partial charge in [-0.15, -0.1) is 0 Å². The van der Waals surface area contributed by atoms with Crippen molar-refractivity contribution >= 4 is 56.3 Å². The van der Waals surface area contributed by atoms with E-state index in [2.05, 4.69) is 10.3 Å². The molecule has 7 heteroatoms. The zero-order valence-electron chi connectivity index (χ0n) is 20.7. The number of aromatic nitrogens is 1. The quantitative estimate of drug-likeness (QED) is 0.176. The van der Waals surface area contributed by atoms with Crippen LogP contribution in [-0.2, 0) is 12.8 Å². The Labute approximate surface area is 230 Å². The minimum atomic E-state index is -0.848. The third-order valence-corrected chi connectivity index (χ3v) is 7.38. The molecule has 1 unspecified atom stereocenters. The Hall–Kier alpha value is -3.80. The number of Topliss-reactive ketones (excluding diaryl/α,β-unsaturated/α-hetero) is 1. The van der Waals surface area contributed by atoms with Crippen LogP contribution in [0, 0.1) is 0 Å². The van der Waals surface area contributed by atoms with Crippen LogP contribution in [0.3, 0.4) is 0 Å². The minimum Gasteiger partial charge on any atom is -0.506 e. The molecule has 3 N–H and O–H groups in total. The van der Waals surface area contributed by atoms with Gasteiger partial charge < -0.3 is 15.4 Å². The smallest absolute Gasteiger partial charge is 0.263 e. The molecule has 192 valence electrons. The topological polar surface area (TPSA) is 82.2 Å². The van der Waals surface area contributed by atoms with Crippen molar-refractivity contribution in [1.29, 1.82) is 0 Å². The van der Waals surface area contributed by atoms with E-state index in [1.165, 1.54) is 0 Å². The largest absolute Gasteiger partial charge is 0.506 e. The number of aromatic amines is 1. The molecule has 0 radical (unpaired) electrons. The molecule has 0 bridgehead atoms. The van der Waals surface area contributed by atoms with E-state index in [1.807, 2.05) is 67.6 Å².